The number of aromatic nitrogens is 2. The van der Waals surface area contributed by atoms with E-state index < -0.39 is 0 Å². The molecule has 74 valence electrons. The highest BCUT2D eigenvalue weighted by molar-refractivity contribution is 5.12. The first-order chi connectivity index (χ1) is 6.75. The van der Waals surface area contributed by atoms with E-state index in [0.717, 1.165) is 35.7 Å². The molecule has 0 fully saturated rings. The molecule has 0 spiro atoms. The maximum atomic E-state index is 5.48. The van der Waals surface area contributed by atoms with Crippen LogP contribution < -0.4 is 0 Å². The first kappa shape index (κ1) is 9.06. The third-order valence-corrected chi connectivity index (χ3v) is 2.34. The van der Waals surface area contributed by atoms with Gasteiger partial charge in [0.15, 0.2) is 0 Å². The smallest absolute Gasteiger partial charge is 0.104 e. The molecule has 0 aromatic carbocycles. The molecule has 0 amide bonds. The molecule has 0 aliphatic rings. The fourth-order valence-electron chi connectivity index (χ4n) is 1.50. The molecule has 0 aliphatic carbocycles. The maximum absolute atomic E-state index is 5.48. The summed E-state index contributed by atoms with van der Waals surface area (Å²) in [7, 11) is 0. The fraction of sp³-hybridized carbons (Fsp3) is 0.364. The normalized spacial score (nSPS) is 10.7. The van der Waals surface area contributed by atoms with Crippen molar-refractivity contribution in [2.75, 3.05) is 0 Å². The first-order valence-corrected chi connectivity index (χ1v) is 4.80. The van der Waals surface area contributed by atoms with Gasteiger partial charge in [0.05, 0.1) is 12.0 Å². The van der Waals surface area contributed by atoms with Gasteiger partial charge in [-0.1, -0.05) is 0 Å². The van der Waals surface area contributed by atoms with E-state index in [1.54, 1.807) is 6.33 Å². The fourth-order valence-corrected chi connectivity index (χ4v) is 1.50. The third kappa shape index (κ3) is 1.87. The lowest BCUT2D eigenvalue weighted by atomic mass is 10.2. The molecule has 2 rings (SSSR count). The second-order valence-corrected chi connectivity index (χ2v) is 3.49. The molecule has 2 aromatic rings. The molecule has 3 nitrogen and oxygen atoms in total. The third-order valence-electron chi connectivity index (χ3n) is 2.34. The van der Waals surface area contributed by atoms with Crippen LogP contribution in [0.3, 0.4) is 0 Å². The Morgan fingerprint density at radius 1 is 1.29 bits per heavy atom. The minimum absolute atomic E-state index is 0.916. The number of imidazole rings is 1. The van der Waals surface area contributed by atoms with Gasteiger partial charge in [0.25, 0.3) is 0 Å². The Labute approximate surface area is 83.2 Å². The van der Waals surface area contributed by atoms with Crippen LogP contribution in [-0.4, -0.2) is 9.97 Å². The summed E-state index contributed by atoms with van der Waals surface area (Å²) in [6, 6.07) is 4.02. The first-order valence-electron chi connectivity index (χ1n) is 4.80. The Morgan fingerprint density at radius 2 is 2.14 bits per heavy atom. The zero-order chi connectivity index (χ0) is 9.97. The van der Waals surface area contributed by atoms with Crippen molar-refractivity contribution < 1.29 is 4.42 Å². The maximum Gasteiger partial charge on any atom is 0.104 e. The SMILES string of the molecule is Cc1ccc(CCc2nc[nH]c2C)o1. The minimum Gasteiger partial charge on any atom is -0.466 e. The summed E-state index contributed by atoms with van der Waals surface area (Å²) in [5.74, 6) is 2.00. The van der Waals surface area contributed by atoms with E-state index in [-0.39, 0.29) is 0 Å². The Morgan fingerprint density at radius 3 is 2.71 bits per heavy atom. The molecule has 0 unspecified atom stereocenters. The van der Waals surface area contributed by atoms with Gasteiger partial charge in [-0.25, -0.2) is 4.98 Å². The van der Waals surface area contributed by atoms with E-state index in [0.29, 0.717) is 0 Å². The zero-order valence-electron chi connectivity index (χ0n) is 8.50. The summed E-state index contributed by atoms with van der Waals surface area (Å²) in [5, 5.41) is 0. The van der Waals surface area contributed by atoms with Crippen LogP contribution in [0.4, 0.5) is 0 Å². The quantitative estimate of drug-likeness (QED) is 0.807. The number of aromatic amines is 1. The van der Waals surface area contributed by atoms with Crippen LogP contribution in [0, 0.1) is 13.8 Å². The highest BCUT2D eigenvalue weighted by Crippen LogP contribution is 2.10. The summed E-state index contributed by atoms with van der Waals surface area (Å²) in [6.07, 6.45) is 3.58. The van der Waals surface area contributed by atoms with Crippen LogP contribution >= 0.6 is 0 Å². The molecule has 0 saturated carbocycles. The van der Waals surface area contributed by atoms with Gasteiger partial charge < -0.3 is 9.40 Å². The number of hydrogen-bond donors (Lipinski definition) is 1. The highest BCUT2D eigenvalue weighted by atomic mass is 16.3. The highest BCUT2D eigenvalue weighted by Gasteiger charge is 2.03. The number of furan rings is 1. The molecule has 0 atom stereocenters. The van der Waals surface area contributed by atoms with Gasteiger partial charge in [-0.3, -0.25) is 0 Å². The minimum atomic E-state index is 0.916. The molecule has 0 aliphatic heterocycles. The van der Waals surface area contributed by atoms with Crippen LogP contribution in [0.15, 0.2) is 22.9 Å². The molecule has 2 aromatic heterocycles. The molecule has 14 heavy (non-hydrogen) atoms. The van der Waals surface area contributed by atoms with Crippen molar-refractivity contribution in [2.45, 2.75) is 26.7 Å². The number of rotatable bonds is 3. The molecular formula is C11H14N2O. The second-order valence-electron chi connectivity index (χ2n) is 3.49. The molecule has 0 saturated heterocycles. The second kappa shape index (κ2) is 3.70. The predicted octanol–water partition coefficient (Wildman–Crippen LogP) is 2.40. The van der Waals surface area contributed by atoms with Crippen molar-refractivity contribution in [3.05, 3.63) is 41.4 Å². The van der Waals surface area contributed by atoms with Crippen molar-refractivity contribution in [3.63, 3.8) is 0 Å². The average Bonchev–Trinajstić information content (AvgIpc) is 2.72. The Balaban J connectivity index is 1.98. The lowest BCUT2D eigenvalue weighted by Gasteiger charge is -1.96. The van der Waals surface area contributed by atoms with Gasteiger partial charge >= 0.3 is 0 Å². The number of nitrogens with zero attached hydrogens (tertiary/aromatic N) is 1. The van der Waals surface area contributed by atoms with Crippen molar-refractivity contribution in [2.24, 2.45) is 0 Å². The van der Waals surface area contributed by atoms with E-state index in [1.165, 1.54) is 0 Å². The number of nitrogens with one attached hydrogen (secondary N) is 1. The number of hydrogen-bond acceptors (Lipinski definition) is 2. The van der Waals surface area contributed by atoms with Gasteiger partial charge in [0.1, 0.15) is 11.5 Å². The van der Waals surface area contributed by atoms with Crippen molar-refractivity contribution in [3.8, 4) is 0 Å². The summed E-state index contributed by atoms with van der Waals surface area (Å²) in [4.78, 5) is 7.31. The largest absolute Gasteiger partial charge is 0.466 e. The van der Waals surface area contributed by atoms with Gasteiger partial charge in [-0.15, -0.1) is 0 Å². The van der Waals surface area contributed by atoms with Crippen LogP contribution in [0.5, 0.6) is 0 Å². The lowest BCUT2D eigenvalue weighted by molar-refractivity contribution is 0.481. The van der Waals surface area contributed by atoms with E-state index in [9.17, 15) is 0 Å². The molecular weight excluding hydrogens is 176 g/mol. The van der Waals surface area contributed by atoms with E-state index in [2.05, 4.69) is 9.97 Å². The monoisotopic (exact) mass is 190 g/mol. The molecule has 3 heteroatoms. The molecule has 2 heterocycles. The van der Waals surface area contributed by atoms with Gasteiger partial charge in [0, 0.05) is 12.1 Å². The number of aryl methyl sites for hydroxylation is 4. The number of H-pyrrole nitrogens is 1. The Kier molecular flexibility index (Phi) is 2.39. The van der Waals surface area contributed by atoms with Crippen molar-refractivity contribution in [1.82, 2.24) is 9.97 Å². The average molecular weight is 190 g/mol. The van der Waals surface area contributed by atoms with Crippen LogP contribution in [-0.2, 0) is 12.8 Å². The Bertz CT molecular complexity index is 414. The van der Waals surface area contributed by atoms with Crippen molar-refractivity contribution >= 4 is 0 Å². The van der Waals surface area contributed by atoms with Gasteiger partial charge in [-0.2, -0.15) is 0 Å². The Hall–Kier alpha value is -1.51. The van der Waals surface area contributed by atoms with Crippen LogP contribution in [0.2, 0.25) is 0 Å². The summed E-state index contributed by atoms with van der Waals surface area (Å²) >= 11 is 0. The van der Waals surface area contributed by atoms with E-state index in [4.69, 9.17) is 4.42 Å². The molecule has 0 bridgehead atoms. The standard InChI is InChI=1S/C11H14N2O/c1-8-3-4-10(14-8)5-6-11-9(2)12-7-13-11/h3-4,7H,5-6H2,1-2H3,(H,12,13). The molecule has 1 N–H and O–H groups in total. The van der Waals surface area contributed by atoms with E-state index >= 15 is 0 Å². The lowest BCUT2D eigenvalue weighted by Crippen LogP contribution is -1.92. The van der Waals surface area contributed by atoms with Crippen LogP contribution in [0.1, 0.15) is 22.9 Å². The van der Waals surface area contributed by atoms with Crippen molar-refractivity contribution in [1.29, 1.82) is 0 Å². The molecule has 0 radical (unpaired) electrons. The predicted molar refractivity (Wildman–Crippen MR) is 54.2 cm³/mol. The van der Waals surface area contributed by atoms with Gasteiger partial charge in [-0.05, 0) is 32.4 Å². The van der Waals surface area contributed by atoms with Gasteiger partial charge in [0.2, 0.25) is 0 Å². The van der Waals surface area contributed by atoms with E-state index in [1.807, 2.05) is 26.0 Å². The summed E-state index contributed by atoms with van der Waals surface area (Å²) < 4.78 is 5.48. The zero-order valence-corrected chi connectivity index (χ0v) is 8.50. The van der Waals surface area contributed by atoms with Crippen LogP contribution in [0.25, 0.3) is 0 Å². The summed E-state index contributed by atoms with van der Waals surface area (Å²) in [5.41, 5.74) is 2.27. The summed E-state index contributed by atoms with van der Waals surface area (Å²) in [6.45, 7) is 4.00. The topological polar surface area (TPSA) is 41.8 Å².